The second kappa shape index (κ2) is 5.41. The van der Waals surface area contributed by atoms with Crippen LogP contribution in [0.15, 0.2) is 29.3 Å². The van der Waals surface area contributed by atoms with Crippen molar-refractivity contribution in [1.29, 1.82) is 0 Å². The van der Waals surface area contributed by atoms with Crippen LogP contribution >= 0.6 is 31.9 Å². The Bertz CT molecular complexity index is 404. The van der Waals surface area contributed by atoms with Gasteiger partial charge in [0, 0.05) is 10.9 Å². The molecular formula is C12H12Br2F2. The molecule has 0 fully saturated rings. The standard InChI is InChI=1S/C12H12Br2F2/c1-3-12(2,7-13)6-8-10(15)5-4-9(14)11(8)16/h3-5H,1,6-7H2,2H3. The molecule has 0 amide bonds. The van der Waals surface area contributed by atoms with Crippen molar-refractivity contribution in [3.63, 3.8) is 0 Å². The Hall–Kier alpha value is -0.220. The highest BCUT2D eigenvalue weighted by atomic mass is 79.9. The molecule has 0 aliphatic rings. The summed E-state index contributed by atoms with van der Waals surface area (Å²) in [6, 6.07) is 2.63. The minimum atomic E-state index is -0.533. The van der Waals surface area contributed by atoms with Gasteiger partial charge < -0.3 is 0 Å². The molecule has 1 aromatic rings. The minimum absolute atomic E-state index is 0.0937. The predicted molar refractivity (Wildman–Crippen MR) is 69.9 cm³/mol. The molecule has 1 unspecified atom stereocenters. The first kappa shape index (κ1) is 13.8. The Morgan fingerprint density at radius 3 is 2.56 bits per heavy atom. The van der Waals surface area contributed by atoms with Crippen LogP contribution in [-0.4, -0.2) is 5.33 Å². The number of hydrogen-bond acceptors (Lipinski definition) is 0. The van der Waals surface area contributed by atoms with Crippen LogP contribution in [0, 0.1) is 17.0 Å². The van der Waals surface area contributed by atoms with Crippen molar-refractivity contribution in [2.45, 2.75) is 13.3 Å². The molecule has 0 saturated heterocycles. The molecule has 0 N–H and O–H groups in total. The quantitative estimate of drug-likeness (QED) is 0.412. The van der Waals surface area contributed by atoms with Gasteiger partial charge in [-0.05, 0) is 39.9 Å². The molecule has 1 rings (SSSR count). The summed E-state index contributed by atoms with van der Waals surface area (Å²) < 4.78 is 27.5. The third kappa shape index (κ3) is 2.92. The maximum atomic E-state index is 13.7. The van der Waals surface area contributed by atoms with Crippen LogP contribution < -0.4 is 0 Å². The van der Waals surface area contributed by atoms with E-state index in [4.69, 9.17) is 0 Å². The highest BCUT2D eigenvalue weighted by Crippen LogP contribution is 2.31. The highest BCUT2D eigenvalue weighted by Gasteiger charge is 2.24. The Kier molecular flexibility index (Phi) is 4.68. The number of benzene rings is 1. The van der Waals surface area contributed by atoms with Crippen LogP contribution in [0.25, 0.3) is 0 Å². The average Bonchev–Trinajstić information content (AvgIpc) is 2.29. The van der Waals surface area contributed by atoms with Crippen molar-refractivity contribution < 1.29 is 8.78 Å². The fourth-order valence-corrected chi connectivity index (χ4v) is 2.11. The van der Waals surface area contributed by atoms with Gasteiger partial charge in [0.25, 0.3) is 0 Å². The topological polar surface area (TPSA) is 0 Å². The second-order valence-corrected chi connectivity index (χ2v) is 5.41. The van der Waals surface area contributed by atoms with E-state index >= 15 is 0 Å². The Morgan fingerprint density at radius 2 is 2.06 bits per heavy atom. The van der Waals surface area contributed by atoms with Crippen LogP contribution in [-0.2, 0) is 6.42 Å². The summed E-state index contributed by atoms with van der Waals surface area (Å²) >= 11 is 6.38. The van der Waals surface area contributed by atoms with Crippen LogP contribution in [0.3, 0.4) is 0 Å². The van der Waals surface area contributed by atoms with E-state index in [-0.39, 0.29) is 21.9 Å². The van der Waals surface area contributed by atoms with Crippen molar-refractivity contribution >= 4 is 31.9 Å². The third-order valence-corrected chi connectivity index (χ3v) is 4.41. The zero-order valence-corrected chi connectivity index (χ0v) is 12.0. The maximum Gasteiger partial charge on any atom is 0.143 e. The van der Waals surface area contributed by atoms with Gasteiger partial charge in [0.15, 0.2) is 0 Å². The molecule has 0 heterocycles. The van der Waals surface area contributed by atoms with Crippen molar-refractivity contribution in [3.8, 4) is 0 Å². The molecule has 0 aliphatic heterocycles. The molecule has 1 atom stereocenters. The minimum Gasteiger partial charge on any atom is -0.207 e. The van der Waals surface area contributed by atoms with E-state index in [9.17, 15) is 8.78 Å². The molecule has 4 heteroatoms. The van der Waals surface area contributed by atoms with Gasteiger partial charge in [-0.25, -0.2) is 8.78 Å². The summed E-state index contributed by atoms with van der Waals surface area (Å²) in [5, 5.41) is 0.606. The largest absolute Gasteiger partial charge is 0.207 e. The van der Waals surface area contributed by atoms with Crippen molar-refractivity contribution in [2.75, 3.05) is 5.33 Å². The van der Waals surface area contributed by atoms with E-state index in [0.29, 0.717) is 5.33 Å². The molecule has 88 valence electrons. The van der Waals surface area contributed by atoms with Gasteiger partial charge in [-0.15, -0.1) is 6.58 Å². The zero-order valence-electron chi connectivity index (χ0n) is 8.87. The van der Waals surface area contributed by atoms with Gasteiger partial charge in [0.1, 0.15) is 11.6 Å². The van der Waals surface area contributed by atoms with E-state index in [1.165, 1.54) is 12.1 Å². The van der Waals surface area contributed by atoms with Crippen LogP contribution in [0.2, 0.25) is 0 Å². The highest BCUT2D eigenvalue weighted by molar-refractivity contribution is 9.10. The summed E-state index contributed by atoms with van der Waals surface area (Å²) in [4.78, 5) is 0. The zero-order chi connectivity index (χ0) is 12.3. The van der Waals surface area contributed by atoms with Gasteiger partial charge in [0.2, 0.25) is 0 Å². The summed E-state index contributed by atoms with van der Waals surface area (Å²) in [5.41, 5.74) is -0.265. The lowest BCUT2D eigenvalue weighted by atomic mass is 9.85. The molecule has 0 nitrogen and oxygen atoms in total. The third-order valence-electron chi connectivity index (χ3n) is 2.52. The van der Waals surface area contributed by atoms with E-state index in [1.807, 2.05) is 6.92 Å². The molecular weight excluding hydrogens is 342 g/mol. The van der Waals surface area contributed by atoms with Crippen molar-refractivity contribution in [3.05, 3.63) is 46.5 Å². The smallest absolute Gasteiger partial charge is 0.143 e. The summed E-state index contributed by atoms with van der Waals surface area (Å²) in [7, 11) is 0. The van der Waals surface area contributed by atoms with Gasteiger partial charge in [-0.1, -0.05) is 28.9 Å². The monoisotopic (exact) mass is 352 g/mol. The van der Waals surface area contributed by atoms with Gasteiger partial charge in [-0.3, -0.25) is 0 Å². The second-order valence-electron chi connectivity index (χ2n) is 3.99. The molecule has 0 aromatic heterocycles. The molecule has 0 saturated carbocycles. The summed E-state index contributed by atoms with van der Waals surface area (Å²) in [6.07, 6.45) is 1.99. The average molecular weight is 354 g/mol. The van der Waals surface area contributed by atoms with Crippen LogP contribution in [0.1, 0.15) is 12.5 Å². The van der Waals surface area contributed by atoms with E-state index in [1.54, 1.807) is 6.08 Å². The van der Waals surface area contributed by atoms with Crippen LogP contribution in [0.4, 0.5) is 8.78 Å². The molecule has 0 spiro atoms. The Morgan fingerprint density at radius 1 is 1.44 bits per heavy atom. The number of hydrogen-bond donors (Lipinski definition) is 0. The predicted octanol–water partition coefficient (Wildman–Crippen LogP) is 4.86. The SMILES string of the molecule is C=CC(C)(CBr)Cc1c(F)ccc(Br)c1F. The molecule has 1 aromatic carbocycles. The van der Waals surface area contributed by atoms with Crippen molar-refractivity contribution in [2.24, 2.45) is 5.41 Å². The summed E-state index contributed by atoms with van der Waals surface area (Å²) in [5.74, 6) is -1.05. The van der Waals surface area contributed by atoms with Crippen molar-refractivity contribution in [1.82, 2.24) is 0 Å². The number of allylic oxidation sites excluding steroid dienone is 1. The molecule has 0 aliphatic carbocycles. The van der Waals surface area contributed by atoms with E-state index in [0.717, 1.165) is 0 Å². The first-order chi connectivity index (χ1) is 7.43. The van der Waals surface area contributed by atoms with E-state index < -0.39 is 11.6 Å². The number of rotatable bonds is 4. The fraction of sp³-hybridized carbons (Fsp3) is 0.333. The maximum absolute atomic E-state index is 13.7. The molecule has 16 heavy (non-hydrogen) atoms. The Balaban J connectivity index is 3.14. The fourth-order valence-electron chi connectivity index (χ4n) is 1.31. The van der Waals surface area contributed by atoms with E-state index in [2.05, 4.69) is 38.4 Å². The number of alkyl halides is 1. The van der Waals surface area contributed by atoms with Crippen LogP contribution in [0.5, 0.6) is 0 Å². The lowest BCUT2D eigenvalue weighted by Gasteiger charge is -2.23. The van der Waals surface area contributed by atoms with Gasteiger partial charge in [-0.2, -0.15) is 0 Å². The van der Waals surface area contributed by atoms with Gasteiger partial charge in [0.05, 0.1) is 4.47 Å². The normalized spacial score (nSPS) is 14.6. The molecule has 0 radical (unpaired) electrons. The summed E-state index contributed by atoms with van der Waals surface area (Å²) in [6.45, 7) is 5.59. The lowest BCUT2D eigenvalue weighted by molar-refractivity contribution is 0.453. The first-order valence-electron chi connectivity index (χ1n) is 4.75. The number of halogens is 4. The van der Waals surface area contributed by atoms with Gasteiger partial charge >= 0.3 is 0 Å². The lowest BCUT2D eigenvalue weighted by Crippen LogP contribution is -2.20. The Labute approximate surface area is 111 Å². The molecule has 0 bridgehead atoms. The first-order valence-corrected chi connectivity index (χ1v) is 6.67.